The van der Waals surface area contributed by atoms with E-state index in [4.69, 9.17) is 4.74 Å². The number of anilines is 1. The van der Waals surface area contributed by atoms with E-state index in [2.05, 4.69) is 11.8 Å². The molecule has 0 bridgehead atoms. The second-order valence-corrected chi connectivity index (χ2v) is 3.25. The molecule has 2 nitrogen and oxygen atoms in total. The first-order valence-corrected chi connectivity index (χ1v) is 5.36. The zero-order chi connectivity index (χ0) is 11.1. The molecule has 0 radical (unpaired) electrons. The van der Waals surface area contributed by atoms with E-state index in [1.165, 1.54) is 12.1 Å². The van der Waals surface area contributed by atoms with Gasteiger partial charge in [-0.1, -0.05) is 0 Å². The van der Waals surface area contributed by atoms with Gasteiger partial charge in [-0.3, -0.25) is 0 Å². The molecule has 0 aliphatic carbocycles. The normalized spacial score (nSPS) is 10.3. The molecule has 0 saturated heterocycles. The Morgan fingerprint density at radius 1 is 1.20 bits per heavy atom. The molecule has 0 saturated carbocycles. The molecular formula is C12H18FNO. The lowest BCUT2D eigenvalue weighted by molar-refractivity contribution is 0.154. The minimum Gasteiger partial charge on any atom is -0.380 e. The lowest BCUT2D eigenvalue weighted by Gasteiger charge is -2.22. The van der Waals surface area contributed by atoms with E-state index >= 15 is 0 Å². The summed E-state index contributed by atoms with van der Waals surface area (Å²) >= 11 is 0. The van der Waals surface area contributed by atoms with Gasteiger partial charge < -0.3 is 9.64 Å². The van der Waals surface area contributed by atoms with Crippen LogP contribution in [0.4, 0.5) is 10.1 Å². The van der Waals surface area contributed by atoms with Crippen LogP contribution in [-0.4, -0.2) is 26.3 Å². The third-order valence-electron chi connectivity index (χ3n) is 2.28. The highest BCUT2D eigenvalue weighted by atomic mass is 19.1. The second kappa shape index (κ2) is 6.40. The predicted molar refractivity (Wildman–Crippen MR) is 60.8 cm³/mol. The molecule has 84 valence electrons. The monoisotopic (exact) mass is 211 g/mol. The SMILES string of the molecule is CCOCCN(CC)c1ccc(F)cc1. The number of ether oxygens (including phenoxy) is 1. The third kappa shape index (κ3) is 3.88. The Bertz CT molecular complexity index is 273. The Morgan fingerprint density at radius 2 is 1.87 bits per heavy atom. The minimum absolute atomic E-state index is 0.195. The Hall–Kier alpha value is -1.09. The summed E-state index contributed by atoms with van der Waals surface area (Å²) in [5.41, 5.74) is 1.04. The lowest BCUT2D eigenvalue weighted by atomic mass is 10.3. The fourth-order valence-corrected chi connectivity index (χ4v) is 1.44. The van der Waals surface area contributed by atoms with E-state index in [-0.39, 0.29) is 5.82 Å². The largest absolute Gasteiger partial charge is 0.380 e. The van der Waals surface area contributed by atoms with Crippen molar-refractivity contribution in [2.45, 2.75) is 13.8 Å². The number of likely N-dealkylation sites (N-methyl/N-ethyl adjacent to an activating group) is 1. The van der Waals surface area contributed by atoms with Crippen molar-refractivity contribution in [2.75, 3.05) is 31.2 Å². The van der Waals surface area contributed by atoms with E-state index < -0.39 is 0 Å². The summed E-state index contributed by atoms with van der Waals surface area (Å²) in [4.78, 5) is 2.16. The average Bonchev–Trinajstić information content (AvgIpc) is 2.26. The Morgan fingerprint density at radius 3 is 2.40 bits per heavy atom. The van der Waals surface area contributed by atoms with Crippen LogP contribution in [0, 0.1) is 5.82 Å². The second-order valence-electron chi connectivity index (χ2n) is 3.25. The molecule has 0 aromatic heterocycles. The number of halogens is 1. The van der Waals surface area contributed by atoms with Crippen LogP contribution < -0.4 is 4.90 Å². The van der Waals surface area contributed by atoms with Gasteiger partial charge in [-0.25, -0.2) is 4.39 Å². The molecule has 1 aromatic carbocycles. The van der Waals surface area contributed by atoms with E-state index in [0.29, 0.717) is 6.61 Å². The highest BCUT2D eigenvalue weighted by Gasteiger charge is 2.03. The molecule has 0 aliphatic rings. The first-order valence-electron chi connectivity index (χ1n) is 5.36. The molecule has 0 spiro atoms. The van der Waals surface area contributed by atoms with Crippen LogP contribution in [0.15, 0.2) is 24.3 Å². The number of nitrogens with zero attached hydrogens (tertiary/aromatic N) is 1. The molecule has 0 fully saturated rings. The minimum atomic E-state index is -0.195. The number of hydrogen-bond acceptors (Lipinski definition) is 2. The van der Waals surface area contributed by atoms with Gasteiger partial charge in [-0.2, -0.15) is 0 Å². The highest BCUT2D eigenvalue weighted by molar-refractivity contribution is 5.45. The first kappa shape index (κ1) is 12.0. The smallest absolute Gasteiger partial charge is 0.123 e. The van der Waals surface area contributed by atoms with Crippen molar-refractivity contribution < 1.29 is 9.13 Å². The third-order valence-corrected chi connectivity index (χ3v) is 2.28. The summed E-state index contributed by atoms with van der Waals surface area (Å²) in [6.45, 7) is 7.25. The van der Waals surface area contributed by atoms with Crippen molar-refractivity contribution in [2.24, 2.45) is 0 Å². The van der Waals surface area contributed by atoms with Crippen LogP contribution in [0.3, 0.4) is 0 Å². The number of hydrogen-bond donors (Lipinski definition) is 0. The molecule has 0 N–H and O–H groups in total. The molecule has 15 heavy (non-hydrogen) atoms. The van der Waals surface area contributed by atoms with Gasteiger partial charge >= 0.3 is 0 Å². The average molecular weight is 211 g/mol. The van der Waals surface area contributed by atoms with Crippen molar-refractivity contribution in [3.05, 3.63) is 30.1 Å². The van der Waals surface area contributed by atoms with Crippen LogP contribution in [0.1, 0.15) is 13.8 Å². The molecule has 0 heterocycles. The van der Waals surface area contributed by atoms with Gasteiger partial charge in [0.15, 0.2) is 0 Å². The fourth-order valence-electron chi connectivity index (χ4n) is 1.44. The van der Waals surface area contributed by atoms with E-state index in [0.717, 1.165) is 25.4 Å². The standard InChI is InChI=1S/C12H18FNO/c1-3-14(9-10-15-4-2)12-7-5-11(13)6-8-12/h5-8H,3-4,9-10H2,1-2H3. The molecule has 1 rings (SSSR count). The Balaban J connectivity index is 2.53. The van der Waals surface area contributed by atoms with Crippen molar-refractivity contribution in [1.82, 2.24) is 0 Å². The van der Waals surface area contributed by atoms with Crippen molar-refractivity contribution >= 4 is 5.69 Å². The quantitative estimate of drug-likeness (QED) is 0.671. The van der Waals surface area contributed by atoms with Crippen molar-refractivity contribution in [3.63, 3.8) is 0 Å². The van der Waals surface area contributed by atoms with Crippen molar-refractivity contribution in [3.8, 4) is 0 Å². The van der Waals surface area contributed by atoms with Gasteiger partial charge in [-0.05, 0) is 38.1 Å². The summed E-state index contributed by atoms with van der Waals surface area (Å²) in [5, 5.41) is 0. The van der Waals surface area contributed by atoms with Gasteiger partial charge in [0.25, 0.3) is 0 Å². The van der Waals surface area contributed by atoms with Crippen LogP contribution in [0.5, 0.6) is 0 Å². The summed E-state index contributed by atoms with van der Waals surface area (Å²) in [6.07, 6.45) is 0. The maximum absolute atomic E-state index is 12.7. The highest BCUT2D eigenvalue weighted by Crippen LogP contribution is 2.13. The molecule has 0 unspecified atom stereocenters. The molecule has 1 aromatic rings. The molecule has 3 heteroatoms. The van der Waals surface area contributed by atoms with Gasteiger partial charge in [-0.15, -0.1) is 0 Å². The maximum Gasteiger partial charge on any atom is 0.123 e. The molecule has 0 aliphatic heterocycles. The van der Waals surface area contributed by atoms with Gasteiger partial charge in [0.1, 0.15) is 5.82 Å². The molecule has 0 atom stereocenters. The van der Waals surface area contributed by atoms with Crippen molar-refractivity contribution in [1.29, 1.82) is 0 Å². The summed E-state index contributed by atoms with van der Waals surface area (Å²) in [5.74, 6) is -0.195. The van der Waals surface area contributed by atoms with Crippen LogP contribution in [0.25, 0.3) is 0 Å². The Kier molecular flexibility index (Phi) is 5.12. The fraction of sp³-hybridized carbons (Fsp3) is 0.500. The lowest BCUT2D eigenvalue weighted by Crippen LogP contribution is -2.27. The van der Waals surface area contributed by atoms with Crippen LogP contribution in [-0.2, 0) is 4.74 Å². The van der Waals surface area contributed by atoms with Gasteiger partial charge in [0.05, 0.1) is 6.61 Å². The van der Waals surface area contributed by atoms with Crippen LogP contribution in [0.2, 0.25) is 0 Å². The topological polar surface area (TPSA) is 12.5 Å². The predicted octanol–water partition coefficient (Wildman–Crippen LogP) is 2.69. The summed E-state index contributed by atoms with van der Waals surface area (Å²) in [6, 6.07) is 6.56. The van der Waals surface area contributed by atoms with E-state index in [9.17, 15) is 4.39 Å². The molecule has 0 amide bonds. The van der Waals surface area contributed by atoms with E-state index in [1.807, 2.05) is 6.92 Å². The Labute approximate surface area is 90.7 Å². The molecular weight excluding hydrogens is 193 g/mol. The maximum atomic E-state index is 12.7. The number of benzene rings is 1. The zero-order valence-corrected chi connectivity index (χ0v) is 9.37. The van der Waals surface area contributed by atoms with Gasteiger partial charge in [0.2, 0.25) is 0 Å². The zero-order valence-electron chi connectivity index (χ0n) is 9.37. The summed E-state index contributed by atoms with van der Waals surface area (Å²) in [7, 11) is 0. The summed E-state index contributed by atoms with van der Waals surface area (Å²) < 4.78 is 18.0. The number of rotatable bonds is 6. The first-order chi connectivity index (χ1) is 7.27. The van der Waals surface area contributed by atoms with E-state index in [1.54, 1.807) is 12.1 Å². The van der Waals surface area contributed by atoms with Crippen LogP contribution >= 0.6 is 0 Å². The van der Waals surface area contributed by atoms with Gasteiger partial charge in [0, 0.05) is 25.4 Å².